The van der Waals surface area contributed by atoms with E-state index in [0.29, 0.717) is 4.90 Å². The molecule has 1 aliphatic heterocycles. The largest absolute Gasteiger partial charge is 0.444 e. The Hall–Kier alpha value is -1.82. The molecule has 1 aromatic rings. The molecule has 0 saturated carbocycles. The Morgan fingerprint density at radius 2 is 2.00 bits per heavy atom. The van der Waals surface area contributed by atoms with E-state index in [0.717, 1.165) is 12.1 Å². The molecule has 0 aromatic heterocycles. The molecular formula is C18H24ClFN2O3. The third-order valence-corrected chi connectivity index (χ3v) is 3.55. The summed E-state index contributed by atoms with van der Waals surface area (Å²) in [5, 5.41) is 2.61. The van der Waals surface area contributed by atoms with Crippen molar-refractivity contribution in [2.75, 3.05) is 19.5 Å². The molecule has 0 unspecified atom stereocenters. The molecule has 1 heterocycles. The van der Waals surface area contributed by atoms with E-state index in [4.69, 9.17) is 21.8 Å². The van der Waals surface area contributed by atoms with E-state index < -0.39 is 42.3 Å². The van der Waals surface area contributed by atoms with Gasteiger partial charge in [0.2, 0.25) is 0 Å². The number of halogens is 2. The van der Waals surface area contributed by atoms with E-state index in [9.17, 15) is 14.0 Å². The molecule has 138 valence electrons. The molecular weight excluding hydrogens is 347 g/mol. The van der Waals surface area contributed by atoms with E-state index in [-0.39, 0.29) is 30.0 Å². The molecule has 0 spiro atoms. The van der Waals surface area contributed by atoms with Gasteiger partial charge >= 0.3 is 6.09 Å². The fourth-order valence-corrected chi connectivity index (χ4v) is 2.40. The van der Waals surface area contributed by atoms with Crippen molar-refractivity contribution in [3.63, 3.8) is 0 Å². The zero-order valence-corrected chi connectivity index (χ0v) is 15.1. The highest BCUT2D eigenvalue weighted by Gasteiger charge is 2.27. The molecule has 1 saturated heterocycles. The number of carbonyl (C=O) groups is 2. The second kappa shape index (κ2) is 8.04. The van der Waals surface area contributed by atoms with E-state index in [1.165, 1.54) is 6.07 Å². The lowest BCUT2D eigenvalue weighted by Crippen LogP contribution is -2.43. The number of benzene rings is 1. The van der Waals surface area contributed by atoms with Gasteiger partial charge in [-0.3, -0.25) is 4.79 Å². The van der Waals surface area contributed by atoms with Gasteiger partial charge in [0.15, 0.2) is 0 Å². The first-order valence-corrected chi connectivity index (χ1v) is 8.26. The monoisotopic (exact) mass is 374 g/mol. The molecule has 25 heavy (non-hydrogen) atoms. The van der Waals surface area contributed by atoms with Crippen molar-refractivity contribution in [1.29, 1.82) is 0 Å². The van der Waals surface area contributed by atoms with Crippen molar-refractivity contribution in [1.82, 2.24) is 10.2 Å². The minimum atomic E-state index is -2.32. The summed E-state index contributed by atoms with van der Waals surface area (Å²) >= 11 is 5.74. The summed E-state index contributed by atoms with van der Waals surface area (Å²) in [5.41, 5.74) is -0.896. The Morgan fingerprint density at radius 1 is 1.36 bits per heavy atom. The zero-order valence-electron chi connectivity index (χ0n) is 18.4. The van der Waals surface area contributed by atoms with E-state index >= 15 is 0 Å². The lowest BCUT2D eigenvalue weighted by Gasteiger charge is -2.33. The standard InChI is InChI=1S/C18H24ClFN2O3/c1-18(2,3)25-17(24)22-6-4-12(5-7-22)11-21-16(23)13-8-14(19)10-15(20)9-13/h8-10,12H,4-7,11H2,1-3H3,(H,21,23)/i6D2,7D2. The van der Waals surface area contributed by atoms with Crippen molar-refractivity contribution in [2.24, 2.45) is 5.92 Å². The molecule has 0 bridgehead atoms. The number of rotatable bonds is 3. The normalized spacial score (nSPS) is 22.2. The van der Waals surface area contributed by atoms with Gasteiger partial charge in [-0.15, -0.1) is 0 Å². The summed E-state index contributed by atoms with van der Waals surface area (Å²) in [6.07, 6.45) is -1.48. The first-order chi connectivity index (χ1) is 13.1. The Bertz CT molecular complexity index is 764. The molecule has 1 fully saturated rings. The number of nitrogens with one attached hydrogen (secondary N) is 1. The smallest absolute Gasteiger partial charge is 0.410 e. The van der Waals surface area contributed by atoms with Crippen LogP contribution in [0.1, 0.15) is 49.5 Å². The maximum absolute atomic E-state index is 13.4. The number of carbonyl (C=O) groups excluding carboxylic acids is 2. The molecule has 5 nitrogen and oxygen atoms in total. The first kappa shape index (κ1) is 14.4. The summed E-state index contributed by atoms with van der Waals surface area (Å²) < 4.78 is 51.3. The van der Waals surface area contributed by atoms with Crippen LogP contribution < -0.4 is 5.32 Å². The van der Waals surface area contributed by atoms with Gasteiger partial charge in [-0.2, -0.15) is 0 Å². The van der Waals surface area contributed by atoms with Crippen LogP contribution in [0.4, 0.5) is 9.18 Å². The summed E-state index contributed by atoms with van der Waals surface area (Å²) in [7, 11) is 0. The van der Waals surface area contributed by atoms with Crippen molar-refractivity contribution in [3.8, 4) is 0 Å². The molecule has 0 aliphatic carbocycles. The fraction of sp³-hybridized carbons (Fsp3) is 0.556. The van der Waals surface area contributed by atoms with E-state index in [2.05, 4.69) is 5.32 Å². The number of hydrogen-bond acceptors (Lipinski definition) is 3. The van der Waals surface area contributed by atoms with Crippen LogP contribution in [-0.4, -0.2) is 42.0 Å². The van der Waals surface area contributed by atoms with E-state index in [1.807, 2.05) is 0 Å². The zero-order chi connectivity index (χ0) is 22.2. The molecule has 0 atom stereocenters. The van der Waals surface area contributed by atoms with Gasteiger partial charge in [0, 0.05) is 35.6 Å². The van der Waals surface area contributed by atoms with Crippen LogP contribution >= 0.6 is 11.6 Å². The molecule has 0 radical (unpaired) electrons. The topological polar surface area (TPSA) is 58.6 Å². The predicted octanol–water partition coefficient (Wildman–Crippen LogP) is 3.86. The molecule has 2 amide bonds. The van der Waals surface area contributed by atoms with Gasteiger partial charge < -0.3 is 15.0 Å². The van der Waals surface area contributed by atoms with Crippen molar-refractivity contribution < 1.29 is 24.2 Å². The second-order valence-electron chi connectivity index (χ2n) is 6.77. The SMILES string of the molecule is [2H]C1([2H])CC(CNC(=O)c2cc(F)cc(Cl)c2)CC([2H])([2H])N1C(=O)OC(C)(C)C. The highest BCUT2D eigenvalue weighted by molar-refractivity contribution is 6.31. The van der Waals surface area contributed by atoms with Crippen molar-refractivity contribution >= 4 is 23.6 Å². The Labute approximate surface area is 158 Å². The molecule has 1 aromatic carbocycles. The second-order valence-corrected chi connectivity index (χ2v) is 7.21. The van der Waals surface area contributed by atoms with Crippen LogP contribution in [0.5, 0.6) is 0 Å². The van der Waals surface area contributed by atoms with Gasteiger partial charge in [0.05, 0.1) is 0 Å². The first-order valence-electron chi connectivity index (χ1n) is 9.88. The fourth-order valence-electron chi connectivity index (χ4n) is 2.17. The number of likely N-dealkylation sites (tertiary alicyclic amines) is 1. The Kier molecular flexibility index (Phi) is 4.62. The number of ether oxygens (including phenoxy) is 1. The van der Waals surface area contributed by atoms with Crippen LogP contribution in [0.25, 0.3) is 0 Å². The van der Waals surface area contributed by atoms with Gasteiger partial charge in [-0.25, -0.2) is 9.18 Å². The molecule has 7 heteroatoms. The Morgan fingerprint density at radius 3 is 2.56 bits per heavy atom. The van der Waals surface area contributed by atoms with E-state index in [1.54, 1.807) is 20.8 Å². The average Bonchev–Trinajstić information content (AvgIpc) is 2.47. The number of piperidine rings is 1. The number of nitrogens with zero attached hydrogens (tertiary/aromatic N) is 1. The maximum Gasteiger partial charge on any atom is 0.410 e. The van der Waals surface area contributed by atoms with Gasteiger partial charge in [0.1, 0.15) is 11.4 Å². The quantitative estimate of drug-likeness (QED) is 0.874. The lowest BCUT2D eigenvalue weighted by atomic mass is 9.97. The van der Waals surface area contributed by atoms with Crippen LogP contribution in [0.2, 0.25) is 5.02 Å². The predicted molar refractivity (Wildman–Crippen MR) is 94.3 cm³/mol. The van der Waals surface area contributed by atoms with Gasteiger partial charge in [-0.1, -0.05) is 11.6 Å². The van der Waals surface area contributed by atoms with Gasteiger partial charge in [-0.05, 0) is 57.7 Å². The minimum absolute atomic E-state index is 0.00668. The maximum atomic E-state index is 13.4. The number of amides is 2. The third kappa shape index (κ3) is 6.20. The van der Waals surface area contributed by atoms with Crippen LogP contribution in [0.3, 0.4) is 0 Å². The van der Waals surface area contributed by atoms with Crippen LogP contribution in [-0.2, 0) is 4.74 Å². The molecule has 1 N–H and O–H groups in total. The van der Waals surface area contributed by atoms with Gasteiger partial charge in [0.25, 0.3) is 5.91 Å². The summed E-state index contributed by atoms with van der Waals surface area (Å²) in [5.74, 6) is -1.87. The highest BCUT2D eigenvalue weighted by atomic mass is 35.5. The highest BCUT2D eigenvalue weighted by Crippen LogP contribution is 2.20. The molecule has 1 aliphatic rings. The van der Waals surface area contributed by atoms with Crippen molar-refractivity contribution in [2.45, 2.75) is 39.2 Å². The Balaban J connectivity index is 2.08. The molecule has 2 rings (SSSR count). The third-order valence-electron chi connectivity index (χ3n) is 3.33. The summed E-state index contributed by atoms with van der Waals surface area (Å²) in [4.78, 5) is 25.1. The average molecular weight is 375 g/mol. The summed E-state index contributed by atoms with van der Waals surface area (Å²) in [6, 6.07) is 3.38. The lowest BCUT2D eigenvalue weighted by molar-refractivity contribution is 0.0183. The number of hydrogen-bond donors (Lipinski definition) is 1. The summed E-state index contributed by atoms with van der Waals surface area (Å²) in [6.45, 7) is 0.141. The van der Waals surface area contributed by atoms with Crippen molar-refractivity contribution in [3.05, 3.63) is 34.6 Å². The van der Waals surface area contributed by atoms with Crippen LogP contribution in [0, 0.1) is 11.7 Å². The minimum Gasteiger partial charge on any atom is -0.444 e. The van der Waals surface area contributed by atoms with Crippen LogP contribution in [0.15, 0.2) is 18.2 Å².